The van der Waals surface area contributed by atoms with E-state index in [0.717, 1.165) is 5.56 Å². The molecule has 0 radical (unpaired) electrons. The number of nitrogens with one attached hydrogen (secondary N) is 3. The Balaban J connectivity index is 2.48. The molecular formula is C12H14FN5. The molecule has 0 bridgehead atoms. The van der Waals surface area contributed by atoms with E-state index in [4.69, 9.17) is 5.41 Å². The van der Waals surface area contributed by atoms with Crippen molar-refractivity contribution in [1.82, 2.24) is 15.2 Å². The van der Waals surface area contributed by atoms with Crippen LogP contribution in [0, 0.1) is 11.4 Å². The average Bonchev–Trinajstić information content (AvgIpc) is 2.81. The van der Waals surface area contributed by atoms with Crippen LogP contribution in [0.15, 0.2) is 18.3 Å². The molecule has 0 spiro atoms. The number of aromatic amines is 1. The second kappa shape index (κ2) is 4.95. The van der Waals surface area contributed by atoms with E-state index >= 15 is 0 Å². The Morgan fingerprint density at radius 3 is 2.83 bits per heavy atom. The number of H-pyrrole nitrogens is 1. The highest BCUT2D eigenvalue weighted by molar-refractivity contribution is 5.87. The van der Waals surface area contributed by atoms with E-state index in [-0.39, 0.29) is 5.92 Å². The van der Waals surface area contributed by atoms with E-state index < -0.39 is 5.95 Å². The highest BCUT2D eigenvalue weighted by atomic mass is 19.1. The summed E-state index contributed by atoms with van der Waals surface area (Å²) in [5.41, 5.74) is 1.33. The van der Waals surface area contributed by atoms with Crippen molar-refractivity contribution < 1.29 is 4.39 Å². The first kappa shape index (κ1) is 12.2. The van der Waals surface area contributed by atoms with E-state index in [1.54, 1.807) is 12.3 Å². The summed E-state index contributed by atoms with van der Waals surface area (Å²) in [7, 11) is 0. The van der Waals surface area contributed by atoms with Gasteiger partial charge in [0.1, 0.15) is 11.6 Å². The van der Waals surface area contributed by atoms with E-state index in [2.05, 4.69) is 20.5 Å². The lowest BCUT2D eigenvalue weighted by Gasteiger charge is -2.14. The van der Waals surface area contributed by atoms with Gasteiger partial charge < -0.3 is 10.7 Å². The Morgan fingerprint density at radius 2 is 2.28 bits per heavy atom. The summed E-state index contributed by atoms with van der Waals surface area (Å²) in [4.78, 5) is 3.79. The number of pyridine rings is 1. The number of anilines is 2. The van der Waals surface area contributed by atoms with Crippen molar-refractivity contribution in [3.05, 3.63) is 35.4 Å². The third-order valence-corrected chi connectivity index (χ3v) is 2.58. The van der Waals surface area contributed by atoms with Crippen LogP contribution in [-0.4, -0.2) is 21.4 Å². The summed E-state index contributed by atoms with van der Waals surface area (Å²) in [5, 5.41) is 16.9. The zero-order valence-corrected chi connectivity index (χ0v) is 10.2. The topological polar surface area (TPSA) is 77.5 Å². The van der Waals surface area contributed by atoms with Crippen LogP contribution in [0.2, 0.25) is 0 Å². The molecule has 0 amide bonds. The molecule has 2 rings (SSSR count). The third kappa shape index (κ3) is 2.37. The largest absolute Gasteiger partial charge is 0.325 e. The van der Waals surface area contributed by atoms with Crippen LogP contribution in [0.5, 0.6) is 0 Å². The minimum absolute atomic E-state index is 0.112. The Morgan fingerprint density at radius 1 is 1.50 bits per heavy atom. The number of nitrogens with zero attached hydrogens (tertiary/aromatic N) is 2. The standard InChI is InChI=1S/C12H14FN5/c1-7(2)8-5-10(13)16-12(9(8)6-14)17-11-3-4-15-18-11/h3-7,14H,1-2H3,(H2,15,16,17,18). The van der Waals surface area contributed by atoms with E-state index in [1.165, 1.54) is 12.3 Å². The number of halogens is 1. The Bertz CT molecular complexity index is 548. The van der Waals surface area contributed by atoms with Crippen LogP contribution in [0.4, 0.5) is 16.0 Å². The van der Waals surface area contributed by atoms with Crippen LogP contribution in [0.3, 0.4) is 0 Å². The number of hydrogen-bond donors (Lipinski definition) is 3. The maximum absolute atomic E-state index is 13.5. The van der Waals surface area contributed by atoms with Crippen LogP contribution >= 0.6 is 0 Å². The summed E-state index contributed by atoms with van der Waals surface area (Å²) >= 11 is 0. The number of rotatable bonds is 4. The third-order valence-electron chi connectivity index (χ3n) is 2.58. The predicted molar refractivity (Wildman–Crippen MR) is 68.0 cm³/mol. The molecule has 0 unspecified atom stereocenters. The lowest BCUT2D eigenvalue weighted by Crippen LogP contribution is -2.06. The van der Waals surface area contributed by atoms with Crippen molar-refractivity contribution >= 4 is 17.9 Å². The fourth-order valence-corrected chi connectivity index (χ4v) is 1.72. The van der Waals surface area contributed by atoms with Crippen LogP contribution < -0.4 is 5.32 Å². The molecule has 94 valence electrons. The molecule has 0 aliphatic rings. The lowest BCUT2D eigenvalue weighted by molar-refractivity contribution is 0.581. The molecule has 2 aromatic heterocycles. The smallest absolute Gasteiger partial charge is 0.215 e. The van der Waals surface area contributed by atoms with E-state index in [9.17, 15) is 4.39 Å². The van der Waals surface area contributed by atoms with Crippen molar-refractivity contribution in [3.8, 4) is 0 Å². The predicted octanol–water partition coefficient (Wildman–Crippen LogP) is 2.81. The normalized spacial score (nSPS) is 10.7. The summed E-state index contributed by atoms with van der Waals surface area (Å²) in [6.45, 7) is 3.89. The quantitative estimate of drug-likeness (QED) is 0.574. The molecule has 2 heterocycles. The fourth-order valence-electron chi connectivity index (χ4n) is 1.72. The van der Waals surface area contributed by atoms with Crippen LogP contribution in [0.25, 0.3) is 0 Å². The van der Waals surface area contributed by atoms with Crippen molar-refractivity contribution in [3.63, 3.8) is 0 Å². The van der Waals surface area contributed by atoms with Gasteiger partial charge in [-0.2, -0.15) is 9.49 Å². The molecule has 0 aliphatic heterocycles. The first-order valence-corrected chi connectivity index (χ1v) is 5.59. The zero-order valence-electron chi connectivity index (χ0n) is 10.2. The van der Waals surface area contributed by atoms with Gasteiger partial charge >= 0.3 is 0 Å². The van der Waals surface area contributed by atoms with Gasteiger partial charge in [0, 0.05) is 17.8 Å². The fraction of sp³-hybridized carbons (Fsp3) is 0.250. The van der Waals surface area contributed by atoms with Gasteiger partial charge in [-0.05, 0) is 17.5 Å². The number of hydrogen-bond acceptors (Lipinski definition) is 4. The second-order valence-corrected chi connectivity index (χ2v) is 4.19. The highest BCUT2D eigenvalue weighted by Gasteiger charge is 2.14. The van der Waals surface area contributed by atoms with Gasteiger partial charge in [-0.1, -0.05) is 13.8 Å². The lowest BCUT2D eigenvalue weighted by atomic mass is 9.99. The molecule has 0 aliphatic carbocycles. The maximum atomic E-state index is 13.5. The van der Waals surface area contributed by atoms with Gasteiger partial charge in [0.05, 0.1) is 6.20 Å². The molecule has 6 heteroatoms. The first-order valence-electron chi connectivity index (χ1n) is 5.59. The van der Waals surface area contributed by atoms with Crippen molar-refractivity contribution in [2.75, 3.05) is 5.32 Å². The molecule has 0 aromatic carbocycles. The Labute approximate surface area is 104 Å². The Hall–Kier alpha value is -2.24. The summed E-state index contributed by atoms with van der Waals surface area (Å²) < 4.78 is 13.5. The second-order valence-electron chi connectivity index (χ2n) is 4.19. The highest BCUT2D eigenvalue weighted by Crippen LogP contribution is 2.25. The van der Waals surface area contributed by atoms with Crippen molar-refractivity contribution in [2.45, 2.75) is 19.8 Å². The van der Waals surface area contributed by atoms with Gasteiger partial charge in [0.25, 0.3) is 0 Å². The minimum Gasteiger partial charge on any atom is -0.325 e. The summed E-state index contributed by atoms with van der Waals surface area (Å²) in [5.74, 6) is 0.469. The summed E-state index contributed by atoms with van der Waals surface area (Å²) in [6.07, 6.45) is 2.76. The molecule has 0 atom stereocenters. The Kier molecular flexibility index (Phi) is 3.36. The first-order chi connectivity index (χ1) is 8.61. The molecular weight excluding hydrogens is 233 g/mol. The molecule has 0 saturated carbocycles. The van der Waals surface area contributed by atoms with Gasteiger partial charge in [-0.15, -0.1) is 0 Å². The van der Waals surface area contributed by atoms with Gasteiger partial charge in [0.2, 0.25) is 5.95 Å². The minimum atomic E-state index is -0.564. The van der Waals surface area contributed by atoms with Gasteiger partial charge in [0.15, 0.2) is 0 Å². The molecule has 0 saturated heterocycles. The van der Waals surface area contributed by atoms with Crippen molar-refractivity contribution in [2.24, 2.45) is 0 Å². The monoisotopic (exact) mass is 247 g/mol. The number of aromatic nitrogens is 3. The molecule has 2 aromatic rings. The molecule has 5 nitrogen and oxygen atoms in total. The van der Waals surface area contributed by atoms with Gasteiger partial charge in [-0.3, -0.25) is 5.10 Å². The van der Waals surface area contributed by atoms with Crippen LogP contribution in [-0.2, 0) is 0 Å². The molecule has 0 fully saturated rings. The van der Waals surface area contributed by atoms with E-state index in [0.29, 0.717) is 17.2 Å². The summed E-state index contributed by atoms with van der Waals surface area (Å²) in [6, 6.07) is 3.07. The molecule has 18 heavy (non-hydrogen) atoms. The average molecular weight is 247 g/mol. The van der Waals surface area contributed by atoms with Crippen molar-refractivity contribution in [1.29, 1.82) is 5.41 Å². The van der Waals surface area contributed by atoms with E-state index in [1.807, 2.05) is 13.8 Å². The molecule has 3 N–H and O–H groups in total. The van der Waals surface area contributed by atoms with Gasteiger partial charge in [-0.25, -0.2) is 4.98 Å². The maximum Gasteiger partial charge on any atom is 0.215 e. The SMILES string of the molecule is CC(C)c1cc(F)nc(Nc2ccn[nH]2)c1C=N. The van der Waals surface area contributed by atoms with Crippen LogP contribution in [0.1, 0.15) is 30.9 Å². The zero-order chi connectivity index (χ0) is 13.1.